The molecule has 0 bridgehead atoms. The molecule has 1 amide bonds. The molecule has 0 saturated heterocycles. The Labute approximate surface area is 109 Å². The Morgan fingerprint density at radius 2 is 2.06 bits per heavy atom. The zero-order chi connectivity index (χ0) is 13.8. The summed E-state index contributed by atoms with van der Waals surface area (Å²) in [4.78, 5) is 12.0. The topological polar surface area (TPSA) is 50.4 Å². The summed E-state index contributed by atoms with van der Waals surface area (Å²) in [5.74, 6) is -0.153. The number of methoxy groups -OCH3 is 1. The molecule has 0 saturated carbocycles. The molecule has 0 aromatic heterocycles. The third-order valence-electron chi connectivity index (χ3n) is 3.13. The Hall–Kier alpha value is -1.39. The van der Waals surface area contributed by atoms with Crippen molar-refractivity contribution < 1.29 is 9.53 Å². The van der Waals surface area contributed by atoms with Crippen LogP contribution in [0.1, 0.15) is 32.4 Å². The molecule has 18 heavy (non-hydrogen) atoms. The SMILES string of the molecule is CNC(C)c1cccc(NC(=O)C(C)(C)OC)c1. The van der Waals surface area contributed by atoms with Crippen LogP contribution in [-0.2, 0) is 9.53 Å². The Balaban J connectivity index is 2.83. The predicted octanol–water partition coefficient (Wildman–Crippen LogP) is 2.33. The fourth-order valence-electron chi connectivity index (χ4n) is 1.43. The van der Waals surface area contributed by atoms with Gasteiger partial charge < -0.3 is 15.4 Å². The minimum absolute atomic E-state index is 0.153. The average Bonchev–Trinajstić information content (AvgIpc) is 2.38. The van der Waals surface area contributed by atoms with Crippen molar-refractivity contribution in [3.63, 3.8) is 0 Å². The van der Waals surface area contributed by atoms with Gasteiger partial charge in [0.1, 0.15) is 5.60 Å². The van der Waals surface area contributed by atoms with Crippen molar-refractivity contribution in [2.45, 2.75) is 32.4 Å². The zero-order valence-corrected chi connectivity index (χ0v) is 11.7. The van der Waals surface area contributed by atoms with E-state index in [1.54, 1.807) is 13.8 Å². The van der Waals surface area contributed by atoms with E-state index in [-0.39, 0.29) is 11.9 Å². The molecule has 0 spiro atoms. The Bertz CT molecular complexity index is 416. The monoisotopic (exact) mass is 250 g/mol. The number of benzene rings is 1. The van der Waals surface area contributed by atoms with Crippen LogP contribution in [0.4, 0.5) is 5.69 Å². The highest BCUT2D eigenvalue weighted by Crippen LogP contribution is 2.18. The molecule has 0 aliphatic carbocycles. The molecule has 4 heteroatoms. The maximum atomic E-state index is 12.0. The third-order valence-corrected chi connectivity index (χ3v) is 3.13. The first kappa shape index (κ1) is 14.7. The van der Waals surface area contributed by atoms with Crippen molar-refractivity contribution in [2.75, 3.05) is 19.5 Å². The number of anilines is 1. The Kier molecular flexibility index (Phi) is 4.87. The molecule has 4 nitrogen and oxygen atoms in total. The number of amides is 1. The van der Waals surface area contributed by atoms with E-state index < -0.39 is 5.60 Å². The van der Waals surface area contributed by atoms with Crippen molar-refractivity contribution in [3.8, 4) is 0 Å². The average molecular weight is 250 g/mol. The van der Waals surface area contributed by atoms with Crippen LogP contribution in [0.5, 0.6) is 0 Å². The molecule has 1 rings (SSSR count). The first-order valence-electron chi connectivity index (χ1n) is 6.04. The van der Waals surface area contributed by atoms with Crippen LogP contribution in [0.25, 0.3) is 0 Å². The van der Waals surface area contributed by atoms with E-state index in [0.29, 0.717) is 0 Å². The molecule has 100 valence electrons. The number of carbonyl (C=O) groups is 1. The van der Waals surface area contributed by atoms with E-state index in [0.717, 1.165) is 11.3 Å². The van der Waals surface area contributed by atoms with Gasteiger partial charge in [-0.15, -0.1) is 0 Å². The van der Waals surface area contributed by atoms with Gasteiger partial charge in [-0.1, -0.05) is 12.1 Å². The van der Waals surface area contributed by atoms with Gasteiger partial charge in [-0.2, -0.15) is 0 Å². The molecule has 2 N–H and O–H groups in total. The molecule has 0 aliphatic heterocycles. The minimum atomic E-state index is -0.829. The van der Waals surface area contributed by atoms with E-state index in [4.69, 9.17) is 4.74 Å². The van der Waals surface area contributed by atoms with Crippen LogP contribution >= 0.6 is 0 Å². The molecular formula is C14H22N2O2. The summed E-state index contributed by atoms with van der Waals surface area (Å²) in [6.45, 7) is 5.55. The summed E-state index contributed by atoms with van der Waals surface area (Å²) in [7, 11) is 3.43. The van der Waals surface area contributed by atoms with Gasteiger partial charge in [0.2, 0.25) is 0 Å². The Morgan fingerprint density at radius 1 is 1.39 bits per heavy atom. The van der Waals surface area contributed by atoms with Crippen molar-refractivity contribution in [2.24, 2.45) is 0 Å². The maximum Gasteiger partial charge on any atom is 0.256 e. The van der Waals surface area contributed by atoms with Gasteiger partial charge in [-0.3, -0.25) is 4.79 Å². The second-order valence-electron chi connectivity index (χ2n) is 4.80. The van der Waals surface area contributed by atoms with Crippen molar-refractivity contribution in [1.29, 1.82) is 0 Å². The van der Waals surface area contributed by atoms with Crippen LogP contribution < -0.4 is 10.6 Å². The van der Waals surface area contributed by atoms with Gasteiger partial charge in [0, 0.05) is 18.8 Å². The van der Waals surface area contributed by atoms with Gasteiger partial charge in [0.05, 0.1) is 0 Å². The van der Waals surface area contributed by atoms with E-state index >= 15 is 0 Å². The highest BCUT2D eigenvalue weighted by molar-refractivity contribution is 5.96. The van der Waals surface area contributed by atoms with Crippen molar-refractivity contribution in [3.05, 3.63) is 29.8 Å². The molecule has 1 atom stereocenters. The maximum absolute atomic E-state index is 12.0. The number of hydrogen-bond acceptors (Lipinski definition) is 3. The minimum Gasteiger partial charge on any atom is -0.369 e. The molecule has 0 fully saturated rings. The van der Waals surface area contributed by atoms with Gasteiger partial charge in [0.15, 0.2) is 0 Å². The lowest BCUT2D eigenvalue weighted by Gasteiger charge is -2.22. The molecule has 0 heterocycles. The molecule has 1 unspecified atom stereocenters. The van der Waals surface area contributed by atoms with E-state index in [2.05, 4.69) is 17.6 Å². The highest BCUT2D eigenvalue weighted by atomic mass is 16.5. The van der Waals surface area contributed by atoms with Gasteiger partial charge in [0.25, 0.3) is 5.91 Å². The summed E-state index contributed by atoms with van der Waals surface area (Å²) in [5, 5.41) is 6.03. The summed E-state index contributed by atoms with van der Waals surface area (Å²) < 4.78 is 5.15. The third kappa shape index (κ3) is 3.55. The van der Waals surface area contributed by atoms with E-state index in [9.17, 15) is 4.79 Å². The number of rotatable bonds is 5. The second kappa shape index (κ2) is 5.98. The predicted molar refractivity (Wildman–Crippen MR) is 73.6 cm³/mol. The number of nitrogens with one attached hydrogen (secondary N) is 2. The van der Waals surface area contributed by atoms with Crippen LogP contribution in [-0.4, -0.2) is 25.7 Å². The fraction of sp³-hybridized carbons (Fsp3) is 0.500. The second-order valence-corrected chi connectivity index (χ2v) is 4.80. The van der Waals surface area contributed by atoms with Crippen LogP contribution in [0.2, 0.25) is 0 Å². The molecular weight excluding hydrogens is 228 g/mol. The smallest absolute Gasteiger partial charge is 0.256 e. The van der Waals surface area contributed by atoms with Crippen LogP contribution in [0, 0.1) is 0 Å². The van der Waals surface area contributed by atoms with Gasteiger partial charge in [-0.05, 0) is 45.5 Å². The van der Waals surface area contributed by atoms with Gasteiger partial charge >= 0.3 is 0 Å². The van der Waals surface area contributed by atoms with Crippen molar-refractivity contribution in [1.82, 2.24) is 5.32 Å². The van der Waals surface area contributed by atoms with E-state index in [1.807, 2.05) is 31.3 Å². The molecule has 0 radical (unpaired) electrons. The molecule has 1 aromatic carbocycles. The lowest BCUT2D eigenvalue weighted by Crippen LogP contribution is -2.38. The van der Waals surface area contributed by atoms with Crippen molar-refractivity contribution >= 4 is 11.6 Å². The number of ether oxygens (including phenoxy) is 1. The highest BCUT2D eigenvalue weighted by Gasteiger charge is 2.26. The molecule has 1 aromatic rings. The first-order valence-corrected chi connectivity index (χ1v) is 6.04. The number of hydrogen-bond donors (Lipinski definition) is 2. The summed E-state index contributed by atoms with van der Waals surface area (Å²) in [6.07, 6.45) is 0. The summed E-state index contributed by atoms with van der Waals surface area (Å²) in [5.41, 5.74) is 1.08. The quantitative estimate of drug-likeness (QED) is 0.843. The standard InChI is InChI=1S/C14H22N2O2/c1-10(15-4)11-7-6-8-12(9-11)16-13(17)14(2,3)18-5/h6-10,15H,1-5H3,(H,16,17). The largest absolute Gasteiger partial charge is 0.369 e. The summed E-state index contributed by atoms with van der Waals surface area (Å²) in [6, 6.07) is 8.04. The number of carbonyl (C=O) groups excluding carboxylic acids is 1. The zero-order valence-electron chi connectivity index (χ0n) is 11.7. The fourth-order valence-corrected chi connectivity index (χ4v) is 1.43. The normalized spacial score (nSPS) is 13.2. The lowest BCUT2D eigenvalue weighted by atomic mass is 10.1. The van der Waals surface area contributed by atoms with Crippen LogP contribution in [0.3, 0.4) is 0 Å². The first-order chi connectivity index (χ1) is 8.40. The Morgan fingerprint density at radius 3 is 2.61 bits per heavy atom. The summed E-state index contributed by atoms with van der Waals surface area (Å²) >= 11 is 0. The van der Waals surface area contributed by atoms with E-state index in [1.165, 1.54) is 7.11 Å². The van der Waals surface area contributed by atoms with Gasteiger partial charge in [-0.25, -0.2) is 0 Å². The lowest BCUT2D eigenvalue weighted by molar-refractivity contribution is -0.133. The molecule has 0 aliphatic rings. The van der Waals surface area contributed by atoms with Crippen LogP contribution in [0.15, 0.2) is 24.3 Å².